The number of hydrogen-bond acceptors (Lipinski definition) is 4. The van der Waals surface area contributed by atoms with Crippen LogP contribution >= 0.6 is 34.7 Å². The lowest BCUT2D eigenvalue weighted by Crippen LogP contribution is -2.19. The van der Waals surface area contributed by atoms with E-state index in [1.807, 2.05) is 31.2 Å². The number of carbonyl (C=O) groups is 1. The maximum absolute atomic E-state index is 11.6. The summed E-state index contributed by atoms with van der Waals surface area (Å²) in [4.78, 5) is 14.9. The van der Waals surface area contributed by atoms with Crippen LogP contribution in [0.1, 0.15) is 9.75 Å². The molecule has 1 aromatic heterocycles. The van der Waals surface area contributed by atoms with Crippen molar-refractivity contribution in [2.45, 2.75) is 11.8 Å². The number of carbonyl (C=O) groups excluding carboxylic acids is 1. The first-order valence-corrected chi connectivity index (χ1v) is 8.08. The van der Waals surface area contributed by atoms with E-state index >= 15 is 0 Å². The van der Waals surface area contributed by atoms with Gasteiger partial charge < -0.3 is 0 Å². The topological polar surface area (TPSA) is 41.5 Å². The second-order valence-corrected chi connectivity index (χ2v) is 6.79. The molecule has 2 rings (SSSR count). The molecule has 0 aliphatic heterocycles. The average Bonchev–Trinajstić information content (AvgIpc) is 2.84. The number of thiophene rings is 1. The first kappa shape index (κ1) is 15.1. The SMILES string of the molecule is Cc1ccc(/C=N\NC(=O)CSc2ccc(Cl)cc2)s1. The highest BCUT2D eigenvalue weighted by Gasteiger charge is 2.01. The average molecular weight is 325 g/mol. The molecule has 0 fully saturated rings. The van der Waals surface area contributed by atoms with Gasteiger partial charge in [0.25, 0.3) is 0 Å². The molecule has 1 aromatic carbocycles. The van der Waals surface area contributed by atoms with Gasteiger partial charge in [-0.25, -0.2) is 5.43 Å². The highest BCUT2D eigenvalue weighted by Crippen LogP contribution is 2.19. The standard InChI is InChI=1S/C14H13ClN2OS2/c1-10-2-5-13(20-10)8-16-17-14(18)9-19-12-6-3-11(15)4-7-12/h2-8H,9H2,1H3,(H,17,18)/b16-8-. The number of rotatable bonds is 5. The molecule has 104 valence electrons. The largest absolute Gasteiger partial charge is 0.272 e. The number of halogens is 1. The summed E-state index contributed by atoms with van der Waals surface area (Å²) in [6, 6.07) is 11.4. The van der Waals surface area contributed by atoms with Crippen molar-refractivity contribution >= 4 is 46.8 Å². The number of nitrogens with one attached hydrogen (secondary N) is 1. The third-order valence-electron chi connectivity index (χ3n) is 2.33. The molecule has 0 radical (unpaired) electrons. The Bertz CT molecular complexity index is 608. The quantitative estimate of drug-likeness (QED) is 0.514. The Hall–Kier alpha value is -1.30. The highest BCUT2D eigenvalue weighted by molar-refractivity contribution is 8.00. The van der Waals surface area contributed by atoms with Gasteiger partial charge in [0.1, 0.15) is 0 Å². The molecule has 0 bridgehead atoms. The lowest BCUT2D eigenvalue weighted by atomic mass is 10.4. The Morgan fingerprint density at radius 1 is 1.35 bits per heavy atom. The second-order valence-electron chi connectivity index (χ2n) is 3.98. The van der Waals surface area contributed by atoms with Crippen molar-refractivity contribution in [3.63, 3.8) is 0 Å². The summed E-state index contributed by atoms with van der Waals surface area (Å²) >= 11 is 8.87. The first-order chi connectivity index (χ1) is 9.63. The van der Waals surface area contributed by atoms with Gasteiger partial charge in [0, 0.05) is 19.7 Å². The molecular weight excluding hydrogens is 312 g/mol. The molecule has 6 heteroatoms. The molecule has 3 nitrogen and oxygen atoms in total. The predicted molar refractivity (Wildman–Crippen MR) is 87.0 cm³/mol. The van der Waals surface area contributed by atoms with E-state index in [1.54, 1.807) is 29.7 Å². The highest BCUT2D eigenvalue weighted by atomic mass is 35.5. The van der Waals surface area contributed by atoms with E-state index in [0.717, 1.165) is 9.77 Å². The van der Waals surface area contributed by atoms with Crippen LogP contribution in [-0.4, -0.2) is 17.9 Å². The van der Waals surface area contributed by atoms with E-state index in [0.29, 0.717) is 10.8 Å². The molecule has 0 aliphatic rings. The fourth-order valence-electron chi connectivity index (χ4n) is 1.40. The fourth-order valence-corrected chi connectivity index (χ4v) is 2.97. The van der Waals surface area contributed by atoms with Crippen molar-refractivity contribution in [1.29, 1.82) is 0 Å². The van der Waals surface area contributed by atoms with E-state index in [4.69, 9.17) is 11.6 Å². The van der Waals surface area contributed by atoms with E-state index in [1.165, 1.54) is 16.6 Å². The zero-order valence-electron chi connectivity index (χ0n) is 10.8. The number of aryl methyl sites for hydroxylation is 1. The third kappa shape index (κ3) is 5.00. The summed E-state index contributed by atoms with van der Waals surface area (Å²) in [5.74, 6) is 0.192. The maximum atomic E-state index is 11.6. The minimum absolute atomic E-state index is 0.130. The van der Waals surface area contributed by atoms with E-state index in [2.05, 4.69) is 10.5 Å². The molecule has 1 N–H and O–H groups in total. The number of hydrazone groups is 1. The normalized spacial score (nSPS) is 10.9. The molecule has 0 saturated carbocycles. The summed E-state index contributed by atoms with van der Waals surface area (Å²) in [7, 11) is 0. The Balaban J connectivity index is 1.75. The van der Waals surface area contributed by atoms with Crippen molar-refractivity contribution in [1.82, 2.24) is 5.43 Å². The van der Waals surface area contributed by atoms with E-state index in [-0.39, 0.29) is 5.91 Å². The molecule has 20 heavy (non-hydrogen) atoms. The maximum Gasteiger partial charge on any atom is 0.250 e. The smallest absolute Gasteiger partial charge is 0.250 e. The zero-order valence-corrected chi connectivity index (χ0v) is 13.2. The molecule has 0 aliphatic carbocycles. The summed E-state index contributed by atoms with van der Waals surface area (Å²) in [6.07, 6.45) is 1.66. The predicted octanol–water partition coefficient (Wildman–Crippen LogP) is 3.95. The summed E-state index contributed by atoms with van der Waals surface area (Å²) in [5, 5.41) is 4.62. The molecule has 0 spiro atoms. The molecule has 0 saturated heterocycles. The Morgan fingerprint density at radius 3 is 2.75 bits per heavy atom. The summed E-state index contributed by atoms with van der Waals surface area (Å²) in [5.41, 5.74) is 2.51. The van der Waals surface area contributed by atoms with Gasteiger partial charge in [-0.15, -0.1) is 23.1 Å². The van der Waals surface area contributed by atoms with Crippen molar-refractivity contribution in [3.8, 4) is 0 Å². The Kier molecular flexibility index (Phi) is 5.64. The van der Waals surface area contributed by atoms with Crippen molar-refractivity contribution in [3.05, 3.63) is 51.2 Å². The van der Waals surface area contributed by atoms with Crippen LogP contribution in [0.4, 0.5) is 0 Å². The van der Waals surface area contributed by atoms with Gasteiger partial charge in [0.15, 0.2) is 0 Å². The molecule has 1 amide bonds. The van der Waals surface area contributed by atoms with Crippen molar-refractivity contribution in [2.24, 2.45) is 5.10 Å². The molecule has 0 unspecified atom stereocenters. The van der Waals surface area contributed by atoms with Gasteiger partial charge >= 0.3 is 0 Å². The lowest BCUT2D eigenvalue weighted by Gasteiger charge is -2.00. The van der Waals surface area contributed by atoms with Gasteiger partial charge in [-0.05, 0) is 43.3 Å². The van der Waals surface area contributed by atoms with Gasteiger partial charge in [-0.1, -0.05) is 11.6 Å². The van der Waals surface area contributed by atoms with Crippen LogP contribution < -0.4 is 5.43 Å². The molecular formula is C14H13ClN2OS2. The third-order valence-corrected chi connectivity index (χ3v) is 4.53. The molecule has 1 heterocycles. The summed E-state index contributed by atoms with van der Waals surface area (Å²) < 4.78 is 0. The lowest BCUT2D eigenvalue weighted by molar-refractivity contribution is -0.118. The van der Waals surface area contributed by atoms with Gasteiger partial charge in [0.05, 0.1) is 12.0 Å². The van der Waals surface area contributed by atoms with Crippen LogP contribution in [0.25, 0.3) is 0 Å². The number of hydrogen-bond donors (Lipinski definition) is 1. The Morgan fingerprint density at radius 2 is 2.10 bits per heavy atom. The number of nitrogens with zero attached hydrogens (tertiary/aromatic N) is 1. The minimum Gasteiger partial charge on any atom is -0.272 e. The number of amides is 1. The van der Waals surface area contributed by atoms with Gasteiger partial charge in [-0.3, -0.25) is 4.79 Å². The minimum atomic E-state index is -0.130. The van der Waals surface area contributed by atoms with Crippen LogP contribution in [0.15, 0.2) is 46.4 Å². The zero-order chi connectivity index (χ0) is 14.4. The van der Waals surface area contributed by atoms with Crippen LogP contribution in [0.5, 0.6) is 0 Å². The summed E-state index contributed by atoms with van der Waals surface area (Å²) in [6.45, 7) is 2.03. The number of benzene rings is 1. The number of thioether (sulfide) groups is 1. The molecule has 2 aromatic rings. The van der Waals surface area contributed by atoms with Crippen LogP contribution in [0.2, 0.25) is 5.02 Å². The second kappa shape index (κ2) is 7.47. The first-order valence-electron chi connectivity index (χ1n) is 5.90. The van der Waals surface area contributed by atoms with Crippen LogP contribution in [0, 0.1) is 6.92 Å². The van der Waals surface area contributed by atoms with Crippen molar-refractivity contribution < 1.29 is 4.79 Å². The monoisotopic (exact) mass is 324 g/mol. The van der Waals surface area contributed by atoms with Crippen molar-refractivity contribution in [2.75, 3.05) is 5.75 Å². The fraction of sp³-hybridized carbons (Fsp3) is 0.143. The van der Waals surface area contributed by atoms with E-state index in [9.17, 15) is 4.79 Å². The van der Waals surface area contributed by atoms with Gasteiger partial charge in [0.2, 0.25) is 5.91 Å². The van der Waals surface area contributed by atoms with E-state index < -0.39 is 0 Å². The molecule has 0 atom stereocenters. The van der Waals surface area contributed by atoms with Crippen LogP contribution in [-0.2, 0) is 4.79 Å². The van der Waals surface area contributed by atoms with Crippen LogP contribution in [0.3, 0.4) is 0 Å². The Labute approximate surface area is 131 Å². The van der Waals surface area contributed by atoms with Gasteiger partial charge in [-0.2, -0.15) is 5.10 Å².